The molecule has 3 atom stereocenters. The zero-order valence-corrected chi connectivity index (χ0v) is 24.7. The SMILES string of the molecule is C#Cc1c(F)ccc2cc(O)cc(-c3ncc4c(N5CCOC[C@@H]5COC)nc(OC[C@@]56CCCN5C[C@H](F)C6)nc4c3F)c12. The average Bonchev–Trinajstić information content (AvgIpc) is 3.56. The van der Waals surface area contributed by atoms with Crippen molar-refractivity contribution in [2.45, 2.75) is 37.0 Å². The lowest BCUT2D eigenvalue weighted by atomic mass is 9.95. The number of hydrogen-bond donors (Lipinski definition) is 1. The zero-order chi connectivity index (χ0) is 31.3. The van der Waals surface area contributed by atoms with Crippen LogP contribution in [-0.4, -0.2) is 95.9 Å². The van der Waals surface area contributed by atoms with Crippen molar-refractivity contribution in [2.24, 2.45) is 0 Å². The van der Waals surface area contributed by atoms with Gasteiger partial charge in [-0.25, -0.2) is 13.2 Å². The minimum Gasteiger partial charge on any atom is -0.508 e. The van der Waals surface area contributed by atoms with Crippen molar-refractivity contribution in [3.05, 3.63) is 47.7 Å². The van der Waals surface area contributed by atoms with E-state index in [1.807, 2.05) is 4.90 Å². The van der Waals surface area contributed by atoms with Crippen LogP contribution in [-0.2, 0) is 9.47 Å². The molecular formula is C33H32F3N5O4. The summed E-state index contributed by atoms with van der Waals surface area (Å²) in [5.74, 6) is 1.11. The van der Waals surface area contributed by atoms with E-state index in [4.69, 9.17) is 25.6 Å². The number of ether oxygens (including phenoxy) is 3. The number of aromatic nitrogens is 3. The molecule has 0 bridgehead atoms. The summed E-state index contributed by atoms with van der Waals surface area (Å²) in [5, 5.41) is 11.5. The second kappa shape index (κ2) is 11.6. The van der Waals surface area contributed by atoms with Gasteiger partial charge in [0.1, 0.15) is 41.4 Å². The van der Waals surface area contributed by atoms with Crippen LogP contribution in [0.5, 0.6) is 11.8 Å². The molecule has 0 unspecified atom stereocenters. The Balaban J connectivity index is 1.39. The molecule has 2 aromatic carbocycles. The summed E-state index contributed by atoms with van der Waals surface area (Å²) in [4.78, 5) is 17.8. The lowest BCUT2D eigenvalue weighted by Crippen LogP contribution is -2.48. The van der Waals surface area contributed by atoms with Gasteiger partial charge < -0.3 is 24.2 Å². The number of aromatic hydroxyl groups is 1. The van der Waals surface area contributed by atoms with E-state index in [2.05, 4.69) is 20.8 Å². The Morgan fingerprint density at radius 3 is 2.91 bits per heavy atom. The molecule has 7 rings (SSSR count). The Morgan fingerprint density at radius 1 is 1.22 bits per heavy atom. The highest BCUT2D eigenvalue weighted by atomic mass is 19.1. The van der Waals surface area contributed by atoms with Gasteiger partial charge in [-0.05, 0) is 43.0 Å². The highest BCUT2D eigenvalue weighted by molar-refractivity contribution is 6.03. The van der Waals surface area contributed by atoms with Gasteiger partial charge in [-0.1, -0.05) is 12.0 Å². The van der Waals surface area contributed by atoms with Gasteiger partial charge in [-0.2, -0.15) is 9.97 Å². The van der Waals surface area contributed by atoms with Crippen LogP contribution in [0.3, 0.4) is 0 Å². The van der Waals surface area contributed by atoms with Crippen LogP contribution in [0.15, 0.2) is 30.5 Å². The number of methoxy groups -OCH3 is 1. The number of anilines is 1. The normalized spacial score (nSPS) is 23.5. The third kappa shape index (κ3) is 5.09. The second-order valence-corrected chi connectivity index (χ2v) is 11.9. The molecule has 3 aliphatic rings. The molecule has 2 aromatic heterocycles. The first-order valence-electron chi connectivity index (χ1n) is 15.0. The molecule has 0 radical (unpaired) electrons. The van der Waals surface area contributed by atoms with E-state index < -0.39 is 23.3 Å². The van der Waals surface area contributed by atoms with Crippen LogP contribution in [0.1, 0.15) is 24.8 Å². The van der Waals surface area contributed by atoms with E-state index in [9.17, 15) is 13.9 Å². The van der Waals surface area contributed by atoms with Gasteiger partial charge in [-0.15, -0.1) is 6.42 Å². The summed E-state index contributed by atoms with van der Waals surface area (Å²) in [6, 6.07) is 5.11. The van der Waals surface area contributed by atoms with Gasteiger partial charge in [0, 0.05) is 43.8 Å². The summed E-state index contributed by atoms with van der Waals surface area (Å²) in [7, 11) is 1.59. The minimum absolute atomic E-state index is 0.0594. The number of nitrogens with zero attached hydrogens (tertiary/aromatic N) is 5. The van der Waals surface area contributed by atoms with Crippen molar-refractivity contribution in [3.63, 3.8) is 0 Å². The average molecular weight is 620 g/mol. The summed E-state index contributed by atoms with van der Waals surface area (Å²) >= 11 is 0. The molecule has 3 fully saturated rings. The monoisotopic (exact) mass is 619 g/mol. The number of benzene rings is 2. The third-order valence-electron chi connectivity index (χ3n) is 9.18. The number of phenolic OH excluding ortho intramolecular Hbond substituents is 1. The van der Waals surface area contributed by atoms with Gasteiger partial charge in [0.2, 0.25) is 0 Å². The molecule has 0 saturated carbocycles. The quantitative estimate of drug-likeness (QED) is 0.298. The molecule has 4 aromatic rings. The summed E-state index contributed by atoms with van der Waals surface area (Å²) < 4.78 is 63.3. The highest BCUT2D eigenvalue weighted by Gasteiger charge is 2.49. The first-order valence-corrected chi connectivity index (χ1v) is 15.0. The first-order chi connectivity index (χ1) is 21.8. The molecule has 1 N–H and O–H groups in total. The van der Waals surface area contributed by atoms with Crippen LogP contribution < -0.4 is 9.64 Å². The fraction of sp³-hybridized carbons (Fsp3) is 0.424. The van der Waals surface area contributed by atoms with Crippen molar-refractivity contribution in [3.8, 4) is 35.4 Å². The standard InChI is InChI=1S/C33H32F3N5O4/c1-3-23-26(35)6-5-19-11-22(42)12-24(27(19)23)29-28(36)30-25(14-37-29)31(41-9-10-44-17-21(41)16-43-2)39-32(38-30)45-18-33-7-4-8-40(33)15-20(34)13-33/h1,5-6,11-12,14,20-21,42H,4,7-10,13,15-18H2,2H3/t20-,21+,33+/m1/s1. The number of fused-ring (bicyclic) bond motifs is 3. The Hall–Kier alpha value is -4.18. The van der Waals surface area contributed by atoms with Gasteiger partial charge in [0.05, 0.1) is 42.4 Å². The second-order valence-electron chi connectivity index (χ2n) is 11.9. The Kier molecular flexibility index (Phi) is 7.63. The molecule has 12 heteroatoms. The zero-order valence-electron chi connectivity index (χ0n) is 24.7. The minimum atomic E-state index is -0.939. The number of terminal acetylenes is 1. The molecule has 0 amide bonds. The number of halogens is 3. The molecule has 0 spiro atoms. The molecule has 9 nitrogen and oxygen atoms in total. The summed E-state index contributed by atoms with van der Waals surface area (Å²) in [5.41, 5.74) is -0.673. The molecule has 3 saturated heterocycles. The van der Waals surface area contributed by atoms with E-state index in [1.165, 1.54) is 30.5 Å². The number of hydrogen-bond acceptors (Lipinski definition) is 9. The van der Waals surface area contributed by atoms with E-state index in [0.717, 1.165) is 19.4 Å². The van der Waals surface area contributed by atoms with Crippen LogP contribution in [0.25, 0.3) is 32.9 Å². The van der Waals surface area contributed by atoms with E-state index in [0.29, 0.717) is 55.9 Å². The predicted octanol–water partition coefficient (Wildman–Crippen LogP) is 4.62. The van der Waals surface area contributed by atoms with Crippen LogP contribution >= 0.6 is 0 Å². The largest absolute Gasteiger partial charge is 0.508 e. The molecular weight excluding hydrogens is 587 g/mol. The number of phenols is 1. The van der Waals surface area contributed by atoms with Gasteiger partial charge in [-0.3, -0.25) is 9.88 Å². The van der Waals surface area contributed by atoms with Crippen molar-refractivity contribution < 1.29 is 32.5 Å². The van der Waals surface area contributed by atoms with Crippen molar-refractivity contribution in [1.29, 1.82) is 0 Å². The maximum atomic E-state index is 16.8. The van der Waals surface area contributed by atoms with Crippen LogP contribution in [0.2, 0.25) is 0 Å². The van der Waals surface area contributed by atoms with Crippen molar-refractivity contribution >= 4 is 27.5 Å². The molecule has 3 aliphatic heterocycles. The van der Waals surface area contributed by atoms with E-state index in [1.54, 1.807) is 7.11 Å². The Morgan fingerprint density at radius 2 is 2.09 bits per heavy atom. The van der Waals surface area contributed by atoms with Gasteiger partial charge in [0.15, 0.2) is 5.82 Å². The lowest BCUT2D eigenvalue weighted by molar-refractivity contribution is 0.0597. The molecule has 5 heterocycles. The topological polar surface area (TPSA) is 93.1 Å². The number of morpholine rings is 1. The van der Waals surface area contributed by atoms with Crippen molar-refractivity contribution in [1.82, 2.24) is 19.9 Å². The Bertz CT molecular complexity index is 1830. The van der Waals surface area contributed by atoms with E-state index in [-0.39, 0.29) is 52.1 Å². The lowest BCUT2D eigenvalue weighted by Gasteiger charge is -2.36. The van der Waals surface area contributed by atoms with E-state index >= 15 is 4.39 Å². The molecule has 45 heavy (non-hydrogen) atoms. The smallest absolute Gasteiger partial charge is 0.319 e. The maximum Gasteiger partial charge on any atom is 0.319 e. The number of rotatable bonds is 7. The fourth-order valence-electron chi connectivity index (χ4n) is 7.16. The Labute approximate surface area is 257 Å². The fourth-order valence-corrected chi connectivity index (χ4v) is 7.16. The molecule has 234 valence electrons. The van der Waals surface area contributed by atoms with Gasteiger partial charge >= 0.3 is 6.01 Å². The first kappa shape index (κ1) is 29.5. The summed E-state index contributed by atoms with van der Waals surface area (Å²) in [6.45, 7) is 2.89. The van der Waals surface area contributed by atoms with Gasteiger partial charge in [0.25, 0.3) is 0 Å². The highest BCUT2D eigenvalue weighted by Crippen LogP contribution is 2.42. The maximum absolute atomic E-state index is 16.8. The van der Waals surface area contributed by atoms with Crippen molar-refractivity contribution in [2.75, 3.05) is 58.1 Å². The number of pyridine rings is 1. The summed E-state index contributed by atoms with van der Waals surface area (Å²) in [6.07, 6.45) is 8.26. The third-order valence-corrected chi connectivity index (χ3v) is 9.18. The van der Waals surface area contributed by atoms with Crippen LogP contribution in [0.4, 0.5) is 19.0 Å². The predicted molar refractivity (Wildman–Crippen MR) is 162 cm³/mol. The molecule has 0 aliphatic carbocycles. The number of alkyl halides is 1. The van der Waals surface area contributed by atoms with Crippen LogP contribution in [0, 0.1) is 24.0 Å².